The van der Waals surface area contributed by atoms with E-state index in [1.54, 1.807) is 10.9 Å². The summed E-state index contributed by atoms with van der Waals surface area (Å²) >= 11 is 0. The minimum Gasteiger partial charge on any atom is -0.339 e. The van der Waals surface area contributed by atoms with Gasteiger partial charge >= 0.3 is 0 Å². The number of carbonyl (C=O) groups excluding carboxylic acids is 1. The Morgan fingerprint density at radius 3 is 2.78 bits per heavy atom. The van der Waals surface area contributed by atoms with Crippen molar-refractivity contribution >= 4 is 5.91 Å². The second kappa shape index (κ2) is 6.93. The van der Waals surface area contributed by atoms with Crippen molar-refractivity contribution in [3.05, 3.63) is 29.7 Å². The first-order valence-corrected chi connectivity index (χ1v) is 8.35. The van der Waals surface area contributed by atoms with Crippen LogP contribution >= 0.6 is 0 Å². The Labute approximate surface area is 135 Å². The van der Waals surface area contributed by atoms with Crippen molar-refractivity contribution in [3.63, 3.8) is 0 Å². The monoisotopic (exact) mass is 317 g/mol. The van der Waals surface area contributed by atoms with Gasteiger partial charge < -0.3 is 9.42 Å². The fourth-order valence-electron chi connectivity index (χ4n) is 2.92. The van der Waals surface area contributed by atoms with E-state index in [0.717, 1.165) is 43.9 Å². The SMILES string of the molecule is CCCc1noc(C2CCN(C(=O)c3cnn(CC)c3)CC2)n1. The molecule has 0 aliphatic carbocycles. The molecule has 1 aliphatic heterocycles. The van der Waals surface area contributed by atoms with E-state index in [-0.39, 0.29) is 11.8 Å². The topological polar surface area (TPSA) is 77.0 Å². The van der Waals surface area contributed by atoms with Gasteiger partial charge in [0.15, 0.2) is 5.82 Å². The lowest BCUT2D eigenvalue weighted by Crippen LogP contribution is -2.37. The number of hydrogen-bond donors (Lipinski definition) is 0. The maximum atomic E-state index is 12.5. The minimum atomic E-state index is 0.0559. The van der Waals surface area contributed by atoms with Gasteiger partial charge in [0, 0.05) is 38.2 Å². The third kappa shape index (κ3) is 3.43. The Balaban J connectivity index is 1.58. The van der Waals surface area contributed by atoms with Crippen LogP contribution in [0, 0.1) is 0 Å². The zero-order valence-electron chi connectivity index (χ0n) is 13.7. The summed E-state index contributed by atoms with van der Waals surface area (Å²) in [6, 6.07) is 0. The van der Waals surface area contributed by atoms with Crippen molar-refractivity contribution in [3.8, 4) is 0 Å². The molecule has 1 fully saturated rings. The van der Waals surface area contributed by atoms with E-state index in [2.05, 4.69) is 22.2 Å². The molecule has 124 valence electrons. The fraction of sp³-hybridized carbons (Fsp3) is 0.625. The number of piperidine rings is 1. The average molecular weight is 317 g/mol. The molecule has 1 amide bonds. The second-order valence-corrected chi connectivity index (χ2v) is 5.95. The molecule has 3 heterocycles. The highest BCUT2D eigenvalue weighted by atomic mass is 16.5. The average Bonchev–Trinajstić information content (AvgIpc) is 3.24. The van der Waals surface area contributed by atoms with Crippen LogP contribution in [-0.2, 0) is 13.0 Å². The first-order valence-electron chi connectivity index (χ1n) is 8.35. The molecule has 7 heteroatoms. The van der Waals surface area contributed by atoms with E-state index in [1.807, 2.05) is 18.0 Å². The molecule has 0 unspecified atom stereocenters. The van der Waals surface area contributed by atoms with Crippen LogP contribution < -0.4 is 0 Å². The molecular weight excluding hydrogens is 294 g/mol. The molecule has 1 aliphatic rings. The van der Waals surface area contributed by atoms with Crippen LogP contribution in [0.4, 0.5) is 0 Å². The molecule has 2 aromatic rings. The van der Waals surface area contributed by atoms with Gasteiger partial charge in [-0.3, -0.25) is 9.48 Å². The maximum absolute atomic E-state index is 12.5. The molecule has 1 saturated heterocycles. The van der Waals surface area contributed by atoms with E-state index >= 15 is 0 Å². The van der Waals surface area contributed by atoms with E-state index in [4.69, 9.17) is 4.52 Å². The number of nitrogens with zero attached hydrogens (tertiary/aromatic N) is 5. The first kappa shape index (κ1) is 15.7. The lowest BCUT2D eigenvalue weighted by atomic mass is 9.96. The van der Waals surface area contributed by atoms with Gasteiger partial charge in [0.25, 0.3) is 5.91 Å². The molecule has 23 heavy (non-hydrogen) atoms. The first-order chi connectivity index (χ1) is 11.2. The Hall–Kier alpha value is -2.18. The predicted octanol–water partition coefficient (Wildman–Crippen LogP) is 2.26. The zero-order valence-corrected chi connectivity index (χ0v) is 13.7. The molecule has 0 N–H and O–H groups in total. The van der Waals surface area contributed by atoms with Crippen LogP contribution in [0.25, 0.3) is 0 Å². The number of rotatable bonds is 5. The van der Waals surface area contributed by atoms with Crippen LogP contribution in [0.1, 0.15) is 61.1 Å². The summed E-state index contributed by atoms with van der Waals surface area (Å²) in [5, 5.41) is 8.19. The lowest BCUT2D eigenvalue weighted by molar-refractivity contribution is 0.0704. The van der Waals surface area contributed by atoms with Crippen molar-refractivity contribution < 1.29 is 9.32 Å². The summed E-state index contributed by atoms with van der Waals surface area (Å²) in [5.74, 6) is 1.82. The van der Waals surface area contributed by atoms with Crippen molar-refractivity contribution in [2.45, 2.75) is 52.0 Å². The molecule has 0 bridgehead atoms. The van der Waals surface area contributed by atoms with E-state index < -0.39 is 0 Å². The maximum Gasteiger partial charge on any atom is 0.257 e. The van der Waals surface area contributed by atoms with Gasteiger partial charge in [0.05, 0.1) is 11.8 Å². The summed E-state index contributed by atoms with van der Waals surface area (Å²) in [7, 11) is 0. The number of aryl methyl sites for hydroxylation is 2. The third-order valence-electron chi connectivity index (χ3n) is 4.29. The Morgan fingerprint density at radius 1 is 1.35 bits per heavy atom. The largest absolute Gasteiger partial charge is 0.339 e. The Kier molecular flexibility index (Phi) is 4.73. The second-order valence-electron chi connectivity index (χ2n) is 5.95. The summed E-state index contributed by atoms with van der Waals surface area (Å²) < 4.78 is 7.15. The van der Waals surface area contributed by atoms with Gasteiger partial charge in [0.2, 0.25) is 5.89 Å². The van der Waals surface area contributed by atoms with Gasteiger partial charge in [-0.25, -0.2) is 0 Å². The highest BCUT2D eigenvalue weighted by Crippen LogP contribution is 2.27. The van der Waals surface area contributed by atoms with Gasteiger partial charge in [-0.2, -0.15) is 10.1 Å². The molecule has 3 rings (SSSR count). The van der Waals surface area contributed by atoms with Crippen molar-refractivity contribution in [2.75, 3.05) is 13.1 Å². The molecule has 0 radical (unpaired) electrons. The van der Waals surface area contributed by atoms with Gasteiger partial charge in [-0.05, 0) is 26.2 Å². The number of hydrogen-bond acceptors (Lipinski definition) is 5. The molecule has 0 spiro atoms. The molecule has 0 aromatic carbocycles. The van der Waals surface area contributed by atoms with E-state index in [1.165, 1.54) is 0 Å². The van der Waals surface area contributed by atoms with Crippen LogP contribution in [0.3, 0.4) is 0 Å². The van der Waals surface area contributed by atoms with Crippen molar-refractivity contribution in [1.82, 2.24) is 24.8 Å². The van der Waals surface area contributed by atoms with E-state index in [9.17, 15) is 4.79 Å². The Bertz CT molecular complexity index is 655. The molecule has 0 atom stereocenters. The Morgan fingerprint density at radius 2 is 2.13 bits per heavy atom. The predicted molar refractivity (Wildman–Crippen MR) is 84.1 cm³/mol. The minimum absolute atomic E-state index is 0.0559. The van der Waals surface area contributed by atoms with Crippen molar-refractivity contribution in [1.29, 1.82) is 0 Å². The quantitative estimate of drug-likeness (QED) is 0.845. The summed E-state index contributed by atoms with van der Waals surface area (Å²) in [5.41, 5.74) is 0.660. The van der Waals surface area contributed by atoms with Crippen LogP contribution in [0.5, 0.6) is 0 Å². The highest BCUT2D eigenvalue weighted by molar-refractivity contribution is 5.93. The number of aromatic nitrogens is 4. The highest BCUT2D eigenvalue weighted by Gasteiger charge is 2.28. The third-order valence-corrected chi connectivity index (χ3v) is 4.29. The smallest absolute Gasteiger partial charge is 0.257 e. The van der Waals surface area contributed by atoms with E-state index in [0.29, 0.717) is 18.7 Å². The van der Waals surface area contributed by atoms with Crippen LogP contribution in [0.15, 0.2) is 16.9 Å². The number of carbonyl (C=O) groups is 1. The normalized spacial score (nSPS) is 16.0. The van der Waals surface area contributed by atoms with Crippen molar-refractivity contribution in [2.24, 2.45) is 0 Å². The lowest BCUT2D eigenvalue weighted by Gasteiger charge is -2.30. The fourth-order valence-corrected chi connectivity index (χ4v) is 2.92. The summed E-state index contributed by atoms with van der Waals surface area (Å²) in [4.78, 5) is 18.8. The van der Waals surface area contributed by atoms with Gasteiger partial charge in [0.1, 0.15) is 0 Å². The number of amides is 1. The molecule has 0 saturated carbocycles. The summed E-state index contributed by atoms with van der Waals surface area (Å²) in [6.45, 7) is 6.30. The standard InChI is InChI=1S/C16H23N5O2/c1-3-5-14-18-15(23-19-14)12-6-8-20(9-7-12)16(22)13-10-17-21(4-2)11-13/h10-12H,3-9H2,1-2H3. The van der Waals surface area contributed by atoms with Gasteiger partial charge in [-0.15, -0.1) is 0 Å². The van der Waals surface area contributed by atoms with Gasteiger partial charge in [-0.1, -0.05) is 12.1 Å². The van der Waals surface area contributed by atoms with Crippen LogP contribution in [0.2, 0.25) is 0 Å². The molecular formula is C16H23N5O2. The number of likely N-dealkylation sites (tertiary alicyclic amines) is 1. The van der Waals surface area contributed by atoms with Crippen LogP contribution in [-0.4, -0.2) is 43.8 Å². The zero-order chi connectivity index (χ0) is 16.2. The molecule has 7 nitrogen and oxygen atoms in total. The molecule has 2 aromatic heterocycles. The summed E-state index contributed by atoms with van der Waals surface area (Å²) in [6.07, 6.45) is 7.04.